The summed E-state index contributed by atoms with van der Waals surface area (Å²) in [5, 5.41) is 9.62. The van der Waals surface area contributed by atoms with Crippen LogP contribution in [0.1, 0.15) is 19.4 Å². The summed E-state index contributed by atoms with van der Waals surface area (Å²) in [5.41, 5.74) is -0.626. The van der Waals surface area contributed by atoms with Crippen LogP contribution in [-0.4, -0.2) is 35.1 Å². The van der Waals surface area contributed by atoms with Gasteiger partial charge in [0.05, 0.1) is 5.60 Å². The molecule has 0 aliphatic carbocycles. The molecule has 19 heavy (non-hydrogen) atoms. The van der Waals surface area contributed by atoms with Crippen molar-refractivity contribution in [2.45, 2.75) is 19.4 Å². The van der Waals surface area contributed by atoms with Crippen LogP contribution in [0.25, 0.3) is 6.08 Å². The van der Waals surface area contributed by atoms with Gasteiger partial charge in [-0.15, -0.1) is 0 Å². The summed E-state index contributed by atoms with van der Waals surface area (Å²) in [4.78, 5) is 13.2. The van der Waals surface area contributed by atoms with Gasteiger partial charge >= 0.3 is 0 Å². The number of benzene rings is 1. The van der Waals surface area contributed by atoms with Gasteiger partial charge in [-0.1, -0.05) is 15.9 Å². The van der Waals surface area contributed by atoms with Gasteiger partial charge in [-0.05, 0) is 38.1 Å². The summed E-state index contributed by atoms with van der Waals surface area (Å²) in [6.07, 6.45) is 2.71. The molecule has 0 radical (unpaired) electrons. The van der Waals surface area contributed by atoms with E-state index in [0.717, 1.165) is 4.47 Å². The quantitative estimate of drug-likeness (QED) is 0.863. The smallest absolute Gasteiger partial charge is 0.246 e. The molecule has 1 rings (SSSR count). The molecule has 0 bridgehead atoms. The molecule has 0 spiro atoms. The average Bonchev–Trinajstić information content (AvgIpc) is 2.27. The maximum absolute atomic E-state index is 13.5. The SMILES string of the molecule is CN(CC(C)(C)O)C(=O)/C=C/c1cc(Br)ccc1F. The van der Waals surface area contributed by atoms with Gasteiger partial charge in [-0.25, -0.2) is 4.39 Å². The van der Waals surface area contributed by atoms with Gasteiger partial charge < -0.3 is 10.0 Å². The summed E-state index contributed by atoms with van der Waals surface area (Å²) in [6.45, 7) is 3.44. The maximum Gasteiger partial charge on any atom is 0.246 e. The summed E-state index contributed by atoms with van der Waals surface area (Å²) >= 11 is 3.24. The van der Waals surface area contributed by atoms with Gasteiger partial charge in [0.1, 0.15) is 5.82 Å². The molecule has 104 valence electrons. The number of amides is 1. The second kappa shape index (κ2) is 6.30. The molecule has 0 aromatic heterocycles. The molecule has 1 amide bonds. The minimum Gasteiger partial charge on any atom is -0.389 e. The highest BCUT2D eigenvalue weighted by Gasteiger charge is 2.17. The molecular weight excluding hydrogens is 313 g/mol. The van der Waals surface area contributed by atoms with Crippen molar-refractivity contribution in [1.82, 2.24) is 4.90 Å². The summed E-state index contributed by atoms with van der Waals surface area (Å²) in [5.74, 6) is -0.682. The lowest BCUT2D eigenvalue weighted by molar-refractivity contribution is -0.127. The number of carbonyl (C=O) groups is 1. The zero-order valence-corrected chi connectivity index (χ0v) is 12.7. The molecular formula is C14H17BrFNO2. The van der Waals surface area contributed by atoms with E-state index >= 15 is 0 Å². The molecule has 0 fully saturated rings. The Bertz CT molecular complexity index is 495. The highest BCUT2D eigenvalue weighted by molar-refractivity contribution is 9.10. The van der Waals surface area contributed by atoms with Crippen molar-refractivity contribution in [2.24, 2.45) is 0 Å². The molecule has 0 saturated heterocycles. The number of rotatable bonds is 4. The zero-order valence-electron chi connectivity index (χ0n) is 11.2. The number of likely N-dealkylation sites (N-methyl/N-ethyl adjacent to an activating group) is 1. The van der Waals surface area contributed by atoms with Crippen LogP contribution in [-0.2, 0) is 4.79 Å². The van der Waals surface area contributed by atoms with Gasteiger partial charge in [-0.3, -0.25) is 4.79 Å². The van der Waals surface area contributed by atoms with E-state index in [2.05, 4.69) is 15.9 Å². The van der Waals surface area contributed by atoms with Crippen LogP contribution in [0.5, 0.6) is 0 Å². The first-order valence-corrected chi connectivity index (χ1v) is 6.59. The van der Waals surface area contributed by atoms with Crippen LogP contribution in [0.2, 0.25) is 0 Å². The fourth-order valence-electron chi connectivity index (χ4n) is 1.59. The van der Waals surface area contributed by atoms with E-state index in [0.29, 0.717) is 5.56 Å². The molecule has 1 aromatic carbocycles. The van der Waals surface area contributed by atoms with Crippen LogP contribution in [0, 0.1) is 5.82 Å². The van der Waals surface area contributed by atoms with Gasteiger partial charge in [0, 0.05) is 29.7 Å². The lowest BCUT2D eigenvalue weighted by atomic mass is 10.1. The third kappa shape index (κ3) is 5.53. The van der Waals surface area contributed by atoms with Crippen molar-refractivity contribution < 1.29 is 14.3 Å². The third-order valence-corrected chi connectivity index (χ3v) is 2.86. The molecule has 1 N–H and O–H groups in total. The molecule has 1 aromatic rings. The van der Waals surface area contributed by atoms with Gasteiger partial charge in [0.2, 0.25) is 5.91 Å². The highest BCUT2D eigenvalue weighted by atomic mass is 79.9. The molecule has 5 heteroatoms. The Morgan fingerprint density at radius 3 is 2.74 bits per heavy atom. The van der Waals surface area contributed by atoms with Crippen molar-refractivity contribution >= 4 is 27.9 Å². The zero-order chi connectivity index (χ0) is 14.6. The number of carbonyl (C=O) groups excluding carboxylic acids is 1. The Morgan fingerprint density at radius 2 is 2.16 bits per heavy atom. The van der Waals surface area contributed by atoms with E-state index in [9.17, 15) is 14.3 Å². The first-order chi connectivity index (χ1) is 8.69. The predicted octanol–water partition coefficient (Wildman–Crippen LogP) is 2.83. The first kappa shape index (κ1) is 15.9. The lowest BCUT2D eigenvalue weighted by Gasteiger charge is -2.24. The molecule has 0 heterocycles. The Balaban J connectivity index is 2.76. The minimum absolute atomic E-state index is 0.205. The Kier molecular flexibility index (Phi) is 5.26. The van der Waals surface area contributed by atoms with Crippen molar-refractivity contribution in [2.75, 3.05) is 13.6 Å². The van der Waals surface area contributed by atoms with Crippen molar-refractivity contribution in [3.63, 3.8) is 0 Å². The van der Waals surface area contributed by atoms with Gasteiger partial charge in [0.15, 0.2) is 0 Å². The van der Waals surface area contributed by atoms with Crippen molar-refractivity contribution in [1.29, 1.82) is 0 Å². The highest BCUT2D eigenvalue weighted by Crippen LogP contribution is 2.16. The normalized spacial score (nSPS) is 11.9. The monoisotopic (exact) mass is 329 g/mol. The van der Waals surface area contributed by atoms with E-state index in [1.807, 2.05) is 0 Å². The number of hydrogen-bond acceptors (Lipinski definition) is 2. The minimum atomic E-state index is -0.959. The summed E-state index contributed by atoms with van der Waals surface area (Å²) < 4.78 is 14.2. The van der Waals surface area contributed by atoms with E-state index < -0.39 is 11.4 Å². The molecule has 0 aliphatic heterocycles. The molecule has 0 unspecified atom stereocenters. The molecule has 3 nitrogen and oxygen atoms in total. The molecule has 0 aliphatic rings. The van der Waals surface area contributed by atoms with Gasteiger partial charge in [-0.2, -0.15) is 0 Å². The Hall–Kier alpha value is -1.20. The summed E-state index contributed by atoms with van der Waals surface area (Å²) in [6, 6.07) is 4.51. The van der Waals surface area contributed by atoms with Crippen LogP contribution < -0.4 is 0 Å². The topological polar surface area (TPSA) is 40.5 Å². The van der Waals surface area contributed by atoms with Crippen molar-refractivity contribution in [3.05, 3.63) is 40.1 Å². The van der Waals surface area contributed by atoms with Crippen molar-refractivity contribution in [3.8, 4) is 0 Å². The average molecular weight is 330 g/mol. The Labute approximate surface area is 120 Å². The third-order valence-electron chi connectivity index (χ3n) is 2.36. The van der Waals surface area contributed by atoms with E-state index in [1.54, 1.807) is 33.0 Å². The van der Waals surface area contributed by atoms with Crippen LogP contribution in [0.3, 0.4) is 0 Å². The number of hydrogen-bond donors (Lipinski definition) is 1. The predicted molar refractivity (Wildman–Crippen MR) is 77.1 cm³/mol. The van der Waals surface area contributed by atoms with Gasteiger partial charge in [0.25, 0.3) is 0 Å². The first-order valence-electron chi connectivity index (χ1n) is 5.80. The Morgan fingerprint density at radius 1 is 1.53 bits per heavy atom. The summed E-state index contributed by atoms with van der Waals surface area (Å²) in [7, 11) is 1.59. The second-order valence-corrected chi connectivity index (χ2v) is 5.92. The standard InChI is InChI=1S/C14H17BrFNO2/c1-14(2,19)9-17(3)13(18)7-4-10-8-11(15)5-6-12(10)16/h4-8,19H,9H2,1-3H3/b7-4+. The number of aliphatic hydroxyl groups is 1. The molecule has 0 atom stereocenters. The van der Waals surface area contributed by atoms with Crippen LogP contribution in [0.15, 0.2) is 28.7 Å². The van der Waals surface area contributed by atoms with Crippen LogP contribution in [0.4, 0.5) is 4.39 Å². The van der Waals surface area contributed by atoms with E-state index in [1.165, 1.54) is 23.1 Å². The van der Waals surface area contributed by atoms with E-state index in [4.69, 9.17) is 0 Å². The fraction of sp³-hybridized carbons (Fsp3) is 0.357. The maximum atomic E-state index is 13.5. The lowest BCUT2D eigenvalue weighted by Crippen LogP contribution is -2.38. The fourth-order valence-corrected chi connectivity index (χ4v) is 1.97. The van der Waals surface area contributed by atoms with E-state index in [-0.39, 0.29) is 12.5 Å². The number of halogens is 2. The van der Waals surface area contributed by atoms with Crippen LogP contribution >= 0.6 is 15.9 Å². The molecule has 0 saturated carbocycles. The second-order valence-electron chi connectivity index (χ2n) is 5.01. The number of nitrogens with zero attached hydrogens (tertiary/aromatic N) is 1. The largest absolute Gasteiger partial charge is 0.389 e.